The predicted molar refractivity (Wildman–Crippen MR) is 70.4 cm³/mol. The number of aliphatic carboxylic acids is 1. The zero-order valence-corrected chi connectivity index (χ0v) is 10.7. The molecule has 0 fully saturated rings. The van der Waals surface area contributed by atoms with Crippen LogP contribution in [0.25, 0.3) is 0 Å². The Morgan fingerprint density at radius 1 is 1.28 bits per heavy atom. The maximum Gasteiger partial charge on any atom is 0.303 e. The molecule has 0 bridgehead atoms. The number of rotatable bonds is 7. The monoisotopic (exact) mass is 272 g/mol. The lowest BCUT2D eigenvalue weighted by Gasteiger charge is -2.14. The highest BCUT2D eigenvalue weighted by Crippen LogP contribution is 2.01. The van der Waals surface area contributed by atoms with E-state index in [4.69, 9.17) is 10.8 Å². The van der Waals surface area contributed by atoms with Crippen molar-refractivity contribution in [2.45, 2.75) is 25.4 Å². The molecule has 0 aliphatic heterocycles. The van der Waals surface area contributed by atoms with Crippen molar-refractivity contribution >= 4 is 24.3 Å². The maximum atomic E-state index is 11.1. The number of carbonyl (C=O) groups excluding carboxylic acids is 1. The average molecular weight is 273 g/mol. The molecule has 1 rings (SSSR count). The summed E-state index contributed by atoms with van der Waals surface area (Å²) in [6.07, 6.45) is 0.132. The van der Waals surface area contributed by atoms with Crippen LogP contribution in [0.1, 0.15) is 18.4 Å². The van der Waals surface area contributed by atoms with Gasteiger partial charge in [-0.1, -0.05) is 30.3 Å². The first kappa shape index (κ1) is 16.4. The highest BCUT2D eigenvalue weighted by atomic mass is 35.5. The molecule has 1 aromatic carbocycles. The van der Waals surface area contributed by atoms with Gasteiger partial charge in [0.05, 0.1) is 6.04 Å². The van der Waals surface area contributed by atoms with Crippen molar-refractivity contribution in [3.63, 3.8) is 0 Å². The number of carbonyl (C=O) groups is 2. The van der Waals surface area contributed by atoms with Gasteiger partial charge in [-0.15, -0.1) is 12.4 Å². The van der Waals surface area contributed by atoms with E-state index >= 15 is 0 Å². The van der Waals surface area contributed by atoms with E-state index in [2.05, 4.69) is 5.32 Å². The molecule has 0 saturated heterocycles. The van der Waals surface area contributed by atoms with Gasteiger partial charge in [-0.2, -0.15) is 0 Å². The summed E-state index contributed by atoms with van der Waals surface area (Å²) in [6.45, 7) is 0.494. The first-order chi connectivity index (χ1) is 8.09. The fourth-order valence-electron chi connectivity index (χ4n) is 1.45. The van der Waals surface area contributed by atoms with Crippen LogP contribution < -0.4 is 11.1 Å². The Morgan fingerprint density at radius 2 is 1.89 bits per heavy atom. The normalized spacial score (nSPS) is 11.3. The van der Waals surface area contributed by atoms with Crippen LogP contribution in [-0.2, 0) is 16.1 Å². The van der Waals surface area contributed by atoms with Crippen LogP contribution in [0.3, 0.4) is 0 Å². The Kier molecular flexibility index (Phi) is 7.74. The third-order valence-electron chi connectivity index (χ3n) is 2.39. The second-order valence-corrected chi connectivity index (χ2v) is 3.75. The minimum absolute atomic E-state index is 0. The van der Waals surface area contributed by atoms with Gasteiger partial charge in [-0.05, 0) is 12.0 Å². The summed E-state index contributed by atoms with van der Waals surface area (Å²) >= 11 is 0. The van der Waals surface area contributed by atoms with Crippen LogP contribution in [0.2, 0.25) is 0 Å². The molecule has 1 aromatic rings. The highest BCUT2D eigenvalue weighted by molar-refractivity contribution is 5.85. The van der Waals surface area contributed by atoms with E-state index in [-0.39, 0.29) is 25.2 Å². The summed E-state index contributed by atoms with van der Waals surface area (Å²) < 4.78 is 0. The van der Waals surface area contributed by atoms with Crippen LogP contribution in [-0.4, -0.2) is 23.0 Å². The van der Waals surface area contributed by atoms with Crippen molar-refractivity contribution in [1.82, 2.24) is 5.32 Å². The zero-order chi connectivity index (χ0) is 12.7. The fourth-order valence-corrected chi connectivity index (χ4v) is 1.45. The number of carboxylic acid groups (broad SMARTS) is 1. The summed E-state index contributed by atoms with van der Waals surface area (Å²) in [4.78, 5) is 21.5. The molecule has 0 radical (unpaired) electrons. The van der Waals surface area contributed by atoms with Crippen LogP contribution in [0.15, 0.2) is 30.3 Å². The standard InChI is InChI=1S/C12H16N2O3.ClH/c13-12(17)10(6-7-11(15)16)14-8-9-4-2-1-3-5-9;/h1-5,10,14H,6-8H2,(H2,13,17)(H,15,16);1H/t10-;/m1./s1. The van der Waals surface area contributed by atoms with Crippen molar-refractivity contribution in [2.24, 2.45) is 5.73 Å². The van der Waals surface area contributed by atoms with Crippen molar-refractivity contribution in [2.75, 3.05) is 0 Å². The SMILES string of the molecule is Cl.NC(=O)[C@@H](CCC(=O)O)NCc1ccccc1. The Hall–Kier alpha value is -1.59. The molecular weight excluding hydrogens is 256 g/mol. The van der Waals surface area contributed by atoms with Crippen molar-refractivity contribution in [1.29, 1.82) is 0 Å². The van der Waals surface area contributed by atoms with Crippen molar-refractivity contribution in [3.8, 4) is 0 Å². The summed E-state index contributed by atoms with van der Waals surface area (Å²) in [5.74, 6) is -1.46. The number of hydrogen-bond acceptors (Lipinski definition) is 3. The molecule has 0 heterocycles. The van der Waals surface area contributed by atoms with E-state index in [9.17, 15) is 9.59 Å². The number of nitrogens with one attached hydrogen (secondary N) is 1. The first-order valence-electron chi connectivity index (χ1n) is 5.38. The Morgan fingerprint density at radius 3 is 2.39 bits per heavy atom. The van der Waals surface area contributed by atoms with E-state index in [0.717, 1.165) is 5.56 Å². The van der Waals surface area contributed by atoms with E-state index in [1.54, 1.807) is 0 Å². The first-order valence-corrected chi connectivity index (χ1v) is 5.38. The summed E-state index contributed by atoms with van der Waals surface area (Å²) in [5.41, 5.74) is 6.22. The van der Waals surface area contributed by atoms with E-state index in [1.165, 1.54) is 0 Å². The molecule has 100 valence electrons. The number of halogens is 1. The van der Waals surface area contributed by atoms with Gasteiger partial charge in [0.25, 0.3) is 0 Å². The molecule has 0 aliphatic carbocycles. The van der Waals surface area contributed by atoms with Gasteiger partial charge in [0.15, 0.2) is 0 Å². The summed E-state index contributed by atoms with van der Waals surface area (Å²) in [7, 11) is 0. The molecule has 0 aromatic heterocycles. The molecule has 5 nitrogen and oxygen atoms in total. The van der Waals surface area contributed by atoms with Crippen LogP contribution in [0.5, 0.6) is 0 Å². The molecule has 0 saturated carbocycles. The molecule has 6 heteroatoms. The maximum absolute atomic E-state index is 11.1. The second kappa shape index (κ2) is 8.49. The van der Waals surface area contributed by atoms with Crippen LogP contribution in [0.4, 0.5) is 0 Å². The minimum atomic E-state index is -0.933. The van der Waals surface area contributed by atoms with Gasteiger partial charge in [-0.3, -0.25) is 9.59 Å². The second-order valence-electron chi connectivity index (χ2n) is 3.75. The van der Waals surface area contributed by atoms with Crippen LogP contribution >= 0.6 is 12.4 Å². The van der Waals surface area contributed by atoms with Gasteiger partial charge in [0.2, 0.25) is 5.91 Å². The Bertz CT molecular complexity index is 384. The van der Waals surface area contributed by atoms with E-state index < -0.39 is 17.9 Å². The summed E-state index contributed by atoms with van der Waals surface area (Å²) in [6, 6.07) is 8.93. The number of amides is 1. The smallest absolute Gasteiger partial charge is 0.303 e. The number of hydrogen-bond donors (Lipinski definition) is 3. The molecular formula is C12H17ClN2O3. The third kappa shape index (κ3) is 6.22. The summed E-state index contributed by atoms with van der Waals surface area (Å²) in [5, 5.41) is 11.5. The fraction of sp³-hybridized carbons (Fsp3) is 0.333. The molecule has 4 N–H and O–H groups in total. The molecule has 0 unspecified atom stereocenters. The molecule has 1 amide bonds. The average Bonchev–Trinajstić information content (AvgIpc) is 2.29. The third-order valence-corrected chi connectivity index (χ3v) is 2.39. The van der Waals surface area contributed by atoms with Gasteiger partial charge < -0.3 is 16.2 Å². The van der Waals surface area contributed by atoms with Gasteiger partial charge >= 0.3 is 5.97 Å². The lowest BCUT2D eigenvalue weighted by molar-refractivity contribution is -0.137. The number of primary amides is 1. The van der Waals surface area contributed by atoms with Crippen LogP contribution in [0, 0.1) is 0 Å². The molecule has 0 aliphatic rings. The largest absolute Gasteiger partial charge is 0.481 e. The Balaban J connectivity index is 0.00000289. The number of benzene rings is 1. The van der Waals surface area contributed by atoms with Gasteiger partial charge in [0, 0.05) is 13.0 Å². The number of nitrogens with two attached hydrogens (primary N) is 1. The lowest BCUT2D eigenvalue weighted by atomic mass is 10.1. The highest BCUT2D eigenvalue weighted by Gasteiger charge is 2.15. The molecule has 18 heavy (non-hydrogen) atoms. The van der Waals surface area contributed by atoms with Gasteiger partial charge in [-0.25, -0.2) is 0 Å². The Labute approximate surface area is 112 Å². The minimum Gasteiger partial charge on any atom is -0.481 e. The van der Waals surface area contributed by atoms with E-state index in [1.807, 2.05) is 30.3 Å². The topological polar surface area (TPSA) is 92.4 Å². The van der Waals surface area contributed by atoms with Crippen molar-refractivity contribution in [3.05, 3.63) is 35.9 Å². The quantitative estimate of drug-likeness (QED) is 0.688. The number of carboxylic acids is 1. The predicted octanol–water partition coefficient (Wildman–Crippen LogP) is 0.917. The zero-order valence-electron chi connectivity index (χ0n) is 9.83. The van der Waals surface area contributed by atoms with E-state index in [0.29, 0.717) is 6.54 Å². The van der Waals surface area contributed by atoms with Crippen molar-refractivity contribution < 1.29 is 14.7 Å². The van der Waals surface area contributed by atoms with Gasteiger partial charge in [0.1, 0.15) is 0 Å². The lowest BCUT2D eigenvalue weighted by Crippen LogP contribution is -2.41. The molecule has 0 spiro atoms. The molecule has 1 atom stereocenters.